The fourth-order valence-electron chi connectivity index (χ4n) is 4.79. The predicted octanol–water partition coefficient (Wildman–Crippen LogP) is 3.76. The fraction of sp³-hybridized carbons (Fsp3) is 0.273. The number of alkyl halides is 3. The first kappa shape index (κ1) is 20.6. The maximum Gasteiger partial charge on any atom is 0.433 e. The molecule has 0 radical (unpaired) electrons. The summed E-state index contributed by atoms with van der Waals surface area (Å²) >= 11 is 0. The van der Waals surface area contributed by atoms with E-state index in [0.29, 0.717) is 36.0 Å². The molecule has 34 heavy (non-hydrogen) atoms. The van der Waals surface area contributed by atoms with Crippen LogP contribution in [0.3, 0.4) is 0 Å². The predicted molar refractivity (Wildman–Crippen MR) is 112 cm³/mol. The number of ether oxygens (including phenoxy) is 1. The van der Waals surface area contributed by atoms with Crippen molar-refractivity contribution in [2.24, 2.45) is 0 Å². The van der Waals surface area contributed by atoms with E-state index in [0.717, 1.165) is 18.3 Å². The number of carbonyl (C=O) groups is 1. The topological polar surface area (TPSA) is 98.6 Å². The van der Waals surface area contributed by atoms with E-state index in [4.69, 9.17) is 10.5 Å². The monoisotopic (exact) mass is 472 g/mol. The highest BCUT2D eigenvalue weighted by Crippen LogP contribution is 2.46. The SMILES string of the molecule is Nc1nc2cc(F)c(C(=O)N3CCC[C@@H]4Oc5cc(C(F)(F)F)ncc5[C@@H]43)cc2n2cncc12. The van der Waals surface area contributed by atoms with E-state index in [2.05, 4.69) is 15.0 Å². The average Bonchev–Trinajstić information content (AvgIpc) is 3.42. The molecule has 8 nitrogen and oxygen atoms in total. The van der Waals surface area contributed by atoms with Gasteiger partial charge in [-0.25, -0.2) is 14.4 Å². The summed E-state index contributed by atoms with van der Waals surface area (Å²) in [6.45, 7) is 0.293. The molecule has 6 rings (SSSR count). The smallest absolute Gasteiger partial charge is 0.433 e. The Morgan fingerprint density at radius 1 is 1.18 bits per heavy atom. The van der Waals surface area contributed by atoms with E-state index in [1.807, 2.05) is 0 Å². The number of rotatable bonds is 1. The van der Waals surface area contributed by atoms with Crippen LogP contribution in [0, 0.1) is 5.82 Å². The molecule has 174 valence electrons. The first-order valence-corrected chi connectivity index (χ1v) is 10.5. The van der Waals surface area contributed by atoms with Crippen LogP contribution >= 0.6 is 0 Å². The Morgan fingerprint density at radius 2 is 2.00 bits per heavy atom. The lowest BCUT2D eigenvalue weighted by Crippen LogP contribution is -2.44. The molecule has 2 aliphatic heterocycles. The average molecular weight is 472 g/mol. The highest BCUT2D eigenvalue weighted by Gasteiger charge is 2.45. The summed E-state index contributed by atoms with van der Waals surface area (Å²) in [5.41, 5.74) is 6.24. The van der Waals surface area contributed by atoms with Gasteiger partial charge >= 0.3 is 6.18 Å². The zero-order chi connectivity index (χ0) is 23.8. The van der Waals surface area contributed by atoms with E-state index in [9.17, 15) is 18.0 Å². The molecule has 1 fully saturated rings. The van der Waals surface area contributed by atoms with Crippen LogP contribution in [0.5, 0.6) is 5.75 Å². The van der Waals surface area contributed by atoms with Crippen LogP contribution in [0.15, 0.2) is 36.9 Å². The summed E-state index contributed by atoms with van der Waals surface area (Å²) in [5.74, 6) is -1.17. The van der Waals surface area contributed by atoms with Crippen molar-refractivity contribution in [3.8, 4) is 5.75 Å². The summed E-state index contributed by atoms with van der Waals surface area (Å²) < 4.78 is 61.7. The van der Waals surface area contributed by atoms with E-state index in [-0.39, 0.29) is 22.6 Å². The number of fused-ring (bicyclic) bond motifs is 6. The van der Waals surface area contributed by atoms with Gasteiger partial charge in [0, 0.05) is 30.4 Å². The second kappa shape index (κ2) is 7.02. The molecule has 3 aromatic heterocycles. The molecule has 0 aliphatic carbocycles. The molecule has 2 atom stereocenters. The van der Waals surface area contributed by atoms with Gasteiger partial charge in [0.25, 0.3) is 5.91 Å². The standard InChI is InChI=1S/C22H16F4N6O2/c23-12-5-13-14(32-9-28-8-15(32)20(27)30-13)4-10(12)21(33)31-3-1-2-16-19(31)11-7-29-18(22(24,25)26)6-17(11)34-16/h4-9,16,19H,1-3H2,(H2,27,30)/t16-,19-/m0/s1. The van der Waals surface area contributed by atoms with Crippen LogP contribution in [-0.4, -0.2) is 42.8 Å². The summed E-state index contributed by atoms with van der Waals surface area (Å²) in [4.78, 5) is 26.7. The number of hydrogen-bond acceptors (Lipinski definition) is 6. The lowest BCUT2D eigenvalue weighted by molar-refractivity contribution is -0.141. The summed E-state index contributed by atoms with van der Waals surface area (Å²) in [7, 11) is 0. The number of hydrogen-bond donors (Lipinski definition) is 1. The third-order valence-electron chi connectivity index (χ3n) is 6.31. The van der Waals surface area contributed by atoms with Crippen molar-refractivity contribution in [3.05, 3.63) is 59.6 Å². The van der Waals surface area contributed by atoms with Crippen LogP contribution < -0.4 is 10.5 Å². The van der Waals surface area contributed by atoms with Gasteiger partial charge < -0.3 is 15.4 Å². The molecule has 1 saturated heterocycles. The van der Waals surface area contributed by atoms with Crippen LogP contribution in [-0.2, 0) is 6.18 Å². The fourth-order valence-corrected chi connectivity index (χ4v) is 4.79. The Morgan fingerprint density at radius 3 is 2.79 bits per heavy atom. The highest BCUT2D eigenvalue weighted by molar-refractivity contribution is 5.99. The number of imidazole rings is 1. The van der Waals surface area contributed by atoms with Gasteiger partial charge in [-0.1, -0.05) is 0 Å². The van der Waals surface area contributed by atoms with Crippen LogP contribution in [0.4, 0.5) is 23.4 Å². The molecule has 1 aromatic carbocycles. The zero-order valence-electron chi connectivity index (χ0n) is 17.4. The van der Waals surface area contributed by atoms with Crippen molar-refractivity contribution in [1.29, 1.82) is 0 Å². The number of piperidine rings is 1. The van der Waals surface area contributed by atoms with Crippen LogP contribution in [0.25, 0.3) is 16.6 Å². The summed E-state index contributed by atoms with van der Waals surface area (Å²) in [6, 6.07) is 2.70. The van der Waals surface area contributed by atoms with Gasteiger partial charge in [0.15, 0.2) is 0 Å². The zero-order valence-corrected chi connectivity index (χ0v) is 17.4. The first-order chi connectivity index (χ1) is 16.2. The Hall–Kier alpha value is -3.96. The second-order valence-electron chi connectivity index (χ2n) is 8.31. The molecule has 0 spiro atoms. The molecule has 2 N–H and O–H groups in total. The normalized spacial score (nSPS) is 19.8. The second-order valence-corrected chi connectivity index (χ2v) is 8.31. The number of nitrogen functional groups attached to an aromatic ring is 1. The van der Waals surface area contributed by atoms with Crippen LogP contribution in [0.1, 0.15) is 40.5 Å². The van der Waals surface area contributed by atoms with E-state index in [1.54, 1.807) is 4.40 Å². The Bertz CT molecular complexity index is 1480. The highest BCUT2D eigenvalue weighted by atomic mass is 19.4. The van der Waals surface area contributed by atoms with Crippen molar-refractivity contribution in [2.75, 3.05) is 12.3 Å². The quantitative estimate of drug-likeness (QED) is 0.424. The lowest BCUT2D eigenvalue weighted by atomic mass is 9.94. The molecule has 2 aliphatic rings. The largest absolute Gasteiger partial charge is 0.487 e. The maximum absolute atomic E-state index is 15.1. The van der Waals surface area contributed by atoms with E-state index < -0.39 is 35.7 Å². The molecular formula is C22H16F4N6O2. The van der Waals surface area contributed by atoms with Gasteiger partial charge in [-0.3, -0.25) is 14.2 Å². The number of nitrogens with zero attached hydrogens (tertiary/aromatic N) is 5. The van der Waals surface area contributed by atoms with Crippen molar-refractivity contribution < 1.29 is 27.1 Å². The Labute approximate surface area is 189 Å². The first-order valence-electron chi connectivity index (χ1n) is 10.5. The van der Waals surface area contributed by atoms with Gasteiger partial charge in [0.2, 0.25) is 0 Å². The molecule has 4 aromatic rings. The number of anilines is 1. The molecule has 0 unspecified atom stereocenters. The Balaban J connectivity index is 1.43. The minimum Gasteiger partial charge on any atom is -0.487 e. The third-order valence-corrected chi connectivity index (χ3v) is 6.31. The summed E-state index contributed by atoms with van der Waals surface area (Å²) in [6.07, 6.45) is 0.0334. The number of benzene rings is 1. The van der Waals surface area contributed by atoms with E-state index >= 15 is 4.39 Å². The number of aromatic nitrogens is 4. The number of carbonyl (C=O) groups excluding carboxylic acids is 1. The molecule has 5 heterocycles. The molecule has 12 heteroatoms. The number of pyridine rings is 1. The van der Waals surface area contributed by atoms with Gasteiger partial charge in [-0.05, 0) is 18.9 Å². The van der Waals surface area contributed by atoms with Crippen molar-refractivity contribution >= 4 is 28.3 Å². The minimum atomic E-state index is -4.62. The molecule has 0 bridgehead atoms. The Kier molecular flexibility index (Phi) is 4.26. The van der Waals surface area contributed by atoms with Crippen molar-refractivity contribution in [3.63, 3.8) is 0 Å². The minimum absolute atomic E-state index is 0.0378. The van der Waals surface area contributed by atoms with E-state index in [1.165, 1.54) is 23.5 Å². The number of nitrogens with two attached hydrogens (primary N) is 1. The third kappa shape index (κ3) is 2.97. The van der Waals surface area contributed by atoms with Gasteiger partial charge in [-0.15, -0.1) is 0 Å². The molecule has 1 amide bonds. The number of amides is 1. The summed E-state index contributed by atoms with van der Waals surface area (Å²) in [5, 5.41) is 0. The van der Waals surface area contributed by atoms with Gasteiger partial charge in [0.05, 0.1) is 35.2 Å². The van der Waals surface area contributed by atoms with Gasteiger partial charge in [-0.2, -0.15) is 13.2 Å². The van der Waals surface area contributed by atoms with Crippen LogP contribution in [0.2, 0.25) is 0 Å². The number of likely N-dealkylation sites (tertiary alicyclic amines) is 1. The van der Waals surface area contributed by atoms with Gasteiger partial charge in [0.1, 0.15) is 34.7 Å². The van der Waals surface area contributed by atoms with Crippen molar-refractivity contribution in [1.82, 2.24) is 24.3 Å². The molecule has 0 saturated carbocycles. The number of halogens is 4. The van der Waals surface area contributed by atoms with Crippen molar-refractivity contribution in [2.45, 2.75) is 31.2 Å². The maximum atomic E-state index is 15.1. The molecular weight excluding hydrogens is 456 g/mol. The lowest BCUT2D eigenvalue weighted by Gasteiger charge is -2.36.